The van der Waals surface area contributed by atoms with Gasteiger partial charge in [-0.2, -0.15) is 18.2 Å². The summed E-state index contributed by atoms with van der Waals surface area (Å²) in [5.41, 5.74) is 0.170. The van der Waals surface area contributed by atoms with Gasteiger partial charge in [0.05, 0.1) is 0 Å². The Morgan fingerprint density at radius 3 is 2.78 bits per heavy atom. The smallest absolute Gasteiger partial charge is 0.412 e. The molecule has 3 rings (SSSR count). The molecule has 0 saturated heterocycles. The molecule has 3 aromatic rings. The summed E-state index contributed by atoms with van der Waals surface area (Å²) in [7, 11) is 0. The second kappa shape index (κ2) is 3.58. The molecule has 0 unspecified atom stereocenters. The SMILES string of the molecule is Fc1nc2[nH]cc(-c3ccsc3C(F)(F)F)c2o1. The number of thiophene rings is 1. The second-order valence-electron chi connectivity index (χ2n) is 3.51. The maximum atomic E-state index is 12.8. The number of aromatic amines is 1. The van der Waals surface area contributed by atoms with Crippen LogP contribution in [0.3, 0.4) is 0 Å². The molecule has 0 aromatic carbocycles. The summed E-state index contributed by atoms with van der Waals surface area (Å²) in [5, 5.41) is 1.32. The fourth-order valence-corrected chi connectivity index (χ4v) is 2.50. The molecule has 0 amide bonds. The first-order chi connectivity index (χ1) is 8.47. The van der Waals surface area contributed by atoms with E-state index in [4.69, 9.17) is 0 Å². The molecular formula is C10H4F4N2OS. The van der Waals surface area contributed by atoms with Gasteiger partial charge >= 0.3 is 12.3 Å². The summed E-state index contributed by atoms with van der Waals surface area (Å²) in [4.78, 5) is 5.19. The Balaban J connectivity index is 2.23. The molecule has 0 aliphatic carbocycles. The van der Waals surface area contributed by atoms with E-state index >= 15 is 0 Å². The summed E-state index contributed by atoms with van der Waals surface area (Å²) in [6.45, 7) is 0. The minimum Gasteiger partial charge on any atom is -0.412 e. The standard InChI is InChI=1S/C10H4F4N2OS/c11-9-16-8-6(17-9)5(3-15-8)4-1-2-18-7(4)10(12,13)14/h1-3,15H. The van der Waals surface area contributed by atoms with Crippen LogP contribution in [0, 0.1) is 6.14 Å². The summed E-state index contributed by atoms with van der Waals surface area (Å²) in [6.07, 6.45) is -4.22. The number of hydrogen-bond acceptors (Lipinski definition) is 3. The number of rotatable bonds is 1. The van der Waals surface area contributed by atoms with Gasteiger partial charge in [-0.05, 0) is 11.4 Å². The van der Waals surface area contributed by atoms with E-state index in [1.807, 2.05) is 0 Å². The minimum atomic E-state index is -4.45. The van der Waals surface area contributed by atoms with Gasteiger partial charge in [0, 0.05) is 17.3 Å². The summed E-state index contributed by atoms with van der Waals surface area (Å²) >= 11 is 0.575. The number of H-pyrrole nitrogens is 1. The molecule has 0 aliphatic rings. The summed E-state index contributed by atoms with van der Waals surface area (Å²) < 4.78 is 55.7. The monoisotopic (exact) mass is 276 g/mol. The van der Waals surface area contributed by atoms with Gasteiger partial charge < -0.3 is 9.40 Å². The normalized spacial score (nSPS) is 12.4. The van der Waals surface area contributed by atoms with Crippen molar-refractivity contribution in [2.24, 2.45) is 0 Å². The van der Waals surface area contributed by atoms with E-state index in [1.165, 1.54) is 17.6 Å². The second-order valence-corrected chi connectivity index (χ2v) is 4.42. The van der Waals surface area contributed by atoms with E-state index in [9.17, 15) is 17.6 Å². The molecule has 8 heteroatoms. The average Bonchev–Trinajstić information content (AvgIpc) is 2.88. The summed E-state index contributed by atoms with van der Waals surface area (Å²) in [6, 6.07) is 1.32. The highest BCUT2D eigenvalue weighted by atomic mass is 32.1. The first-order valence-corrected chi connectivity index (χ1v) is 5.63. The topological polar surface area (TPSA) is 41.8 Å². The van der Waals surface area contributed by atoms with Gasteiger partial charge in [0.25, 0.3) is 0 Å². The molecule has 3 aromatic heterocycles. The Kier molecular flexibility index (Phi) is 2.24. The van der Waals surface area contributed by atoms with Crippen LogP contribution in [0.5, 0.6) is 0 Å². The highest BCUT2D eigenvalue weighted by molar-refractivity contribution is 7.10. The van der Waals surface area contributed by atoms with Crippen molar-refractivity contribution in [3.05, 3.63) is 28.7 Å². The van der Waals surface area contributed by atoms with Crippen LogP contribution in [0.25, 0.3) is 22.4 Å². The maximum absolute atomic E-state index is 12.8. The third-order valence-electron chi connectivity index (χ3n) is 2.41. The van der Waals surface area contributed by atoms with Crippen LogP contribution in [0.4, 0.5) is 17.6 Å². The number of hydrogen-bond donors (Lipinski definition) is 1. The zero-order valence-electron chi connectivity index (χ0n) is 8.51. The van der Waals surface area contributed by atoms with Gasteiger partial charge in [0.2, 0.25) is 0 Å². The number of oxazole rings is 1. The molecule has 0 bridgehead atoms. The van der Waals surface area contributed by atoms with Crippen LogP contribution in [-0.2, 0) is 6.18 Å². The van der Waals surface area contributed by atoms with E-state index in [-0.39, 0.29) is 22.4 Å². The Labute approximate surface area is 101 Å². The Morgan fingerprint density at radius 1 is 1.28 bits per heavy atom. The van der Waals surface area contributed by atoms with Crippen molar-refractivity contribution in [1.29, 1.82) is 0 Å². The first-order valence-electron chi connectivity index (χ1n) is 4.75. The molecule has 94 valence electrons. The number of halogens is 4. The number of nitrogens with one attached hydrogen (secondary N) is 1. The third-order valence-corrected chi connectivity index (χ3v) is 3.37. The average molecular weight is 276 g/mol. The number of nitrogens with zero attached hydrogens (tertiary/aromatic N) is 1. The first kappa shape index (κ1) is 11.3. The van der Waals surface area contributed by atoms with Gasteiger partial charge in [-0.15, -0.1) is 15.7 Å². The fourth-order valence-electron chi connectivity index (χ4n) is 1.72. The summed E-state index contributed by atoms with van der Waals surface area (Å²) in [5.74, 6) is 0. The van der Waals surface area contributed by atoms with E-state index in [2.05, 4.69) is 14.4 Å². The van der Waals surface area contributed by atoms with Crippen molar-refractivity contribution in [3.8, 4) is 11.1 Å². The van der Waals surface area contributed by atoms with E-state index < -0.39 is 17.2 Å². The Bertz CT molecular complexity index is 709. The van der Waals surface area contributed by atoms with Gasteiger partial charge in [0.15, 0.2) is 11.2 Å². The lowest BCUT2D eigenvalue weighted by Gasteiger charge is -2.05. The number of fused-ring (bicyclic) bond motifs is 1. The van der Waals surface area contributed by atoms with E-state index in [0.29, 0.717) is 11.3 Å². The lowest BCUT2D eigenvalue weighted by atomic mass is 10.1. The van der Waals surface area contributed by atoms with Crippen LogP contribution >= 0.6 is 11.3 Å². The Morgan fingerprint density at radius 2 is 2.06 bits per heavy atom. The van der Waals surface area contributed by atoms with Crippen LogP contribution in [0.15, 0.2) is 22.1 Å². The molecule has 0 aliphatic heterocycles. The highest BCUT2D eigenvalue weighted by Crippen LogP contribution is 2.42. The zero-order chi connectivity index (χ0) is 12.9. The van der Waals surface area contributed by atoms with Crippen molar-refractivity contribution >= 4 is 22.6 Å². The van der Waals surface area contributed by atoms with E-state index in [0.717, 1.165) is 0 Å². The quantitative estimate of drug-likeness (QED) is 0.681. The van der Waals surface area contributed by atoms with Crippen molar-refractivity contribution in [2.45, 2.75) is 6.18 Å². The molecule has 3 heterocycles. The number of alkyl halides is 3. The molecule has 0 fully saturated rings. The van der Waals surface area contributed by atoms with Crippen LogP contribution < -0.4 is 0 Å². The van der Waals surface area contributed by atoms with E-state index in [1.54, 1.807) is 0 Å². The molecule has 0 spiro atoms. The van der Waals surface area contributed by atoms with Crippen molar-refractivity contribution in [2.75, 3.05) is 0 Å². The zero-order valence-corrected chi connectivity index (χ0v) is 9.32. The molecule has 0 radical (unpaired) electrons. The van der Waals surface area contributed by atoms with Crippen molar-refractivity contribution in [1.82, 2.24) is 9.97 Å². The minimum absolute atomic E-state index is 0.0172. The largest absolute Gasteiger partial charge is 0.426 e. The van der Waals surface area contributed by atoms with Gasteiger partial charge in [-0.25, -0.2) is 0 Å². The predicted molar refractivity (Wildman–Crippen MR) is 56.6 cm³/mol. The van der Waals surface area contributed by atoms with Gasteiger partial charge in [-0.3, -0.25) is 0 Å². The maximum Gasteiger partial charge on any atom is 0.426 e. The Hall–Kier alpha value is -1.83. The lowest BCUT2D eigenvalue weighted by molar-refractivity contribution is -0.133. The van der Waals surface area contributed by atoms with Crippen LogP contribution in [0.1, 0.15) is 4.88 Å². The molecule has 0 saturated carbocycles. The van der Waals surface area contributed by atoms with Crippen molar-refractivity contribution < 1.29 is 22.0 Å². The highest BCUT2D eigenvalue weighted by Gasteiger charge is 2.36. The molecule has 1 N–H and O–H groups in total. The molecule has 0 atom stereocenters. The number of aromatic nitrogens is 2. The lowest BCUT2D eigenvalue weighted by Crippen LogP contribution is -2.03. The molecular weight excluding hydrogens is 272 g/mol. The fraction of sp³-hybridized carbons (Fsp3) is 0.100. The molecule has 18 heavy (non-hydrogen) atoms. The third kappa shape index (κ3) is 1.60. The van der Waals surface area contributed by atoms with Gasteiger partial charge in [0.1, 0.15) is 4.88 Å². The molecule has 3 nitrogen and oxygen atoms in total. The van der Waals surface area contributed by atoms with Gasteiger partial charge in [-0.1, -0.05) is 0 Å². The van der Waals surface area contributed by atoms with Crippen LogP contribution in [0.2, 0.25) is 0 Å². The predicted octanol–water partition coefficient (Wildman–Crippen LogP) is 4.04. The van der Waals surface area contributed by atoms with Crippen molar-refractivity contribution in [3.63, 3.8) is 0 Å². The van der Waals surface area contributed by atoms with Crippen LogP contribution in [-0.4, -0.2) is 9.97 Å².